The number of piperidine rings is 1. The van der Waals surface area contributed by atoms with E-state index in [-0.39, 0.29) is 0 Å². The summed E-state index contributed by atoms with van der Waals surface area (Å²) in [4.78, 5) is 10.9. The van der Waals surface area contributed by atoms with Gasteiger partial charge in [0.25, 0.3) is 0 Å². The van der Waals surface area contributed by atoms with Crippen molar-refractivity contribution < 1.29 is 0 Å². The second-order valence-electron chi connectivity index (χ2n) is 5.56. The second-order valence-corrected chi connectivity index (χ2v) is 5.56. The van der Waals surface area contributed by atoms with Crippen molar-refractivity contribution in [2.75, 3.05) is 18.0 Å². The van der Waals surface area contributed by atoms with Crippen LogP contribution in [0, 0.1) is 12.3 Å². The van der Waals surface area contributed by atoms with Crippen LogP contribution in [-0.2, 0) is 6.54 Å². The Kier molecular flexibility index (Phi) is 4.67. The van der Waals surface area contributed by atoms with Crippen LogP contribution in [0.3, 0.4) is 0 Å². The smallest absolute Gasteiger partial charge is 0.225 e. The average molecular weight is 292 g/mol. The Bertz CT molecular complexity index is 630. The van der Waals surface area contributed by atoms with Crippen LogP contribution in [0.5, 0.6) is 0 Å². The summed E-state index contributed by atoms with van der Waals surface area (Å²) in [6, 6.07) is 10.5. The third kappa shape index (κ3) is 3.63. The summed E-state index contributed by atoms with van der Waals surface area (Å²) >= 11 is 0. The molecule has 1 N–H and O–H groups in total. The normalized spacial score (nSPS) is 18.0. The van der Waals surface area contributed by atoms with E-state index in [1.165, 1.54) is 12.0 Å². The highest BCUT2D eigenvalue weighted by molar-refractivity contribution is 5.34. The van der Waals surface area contributed by atoms with Gasteiger partial charge >= 0.3 is 0 Å². The molecule has 1 aliphatic heterocycles. The standard InChI is InChI=1S/C18H20N4/c1-2-15-6-8-16(9-7-15)13-21-17-5-3-12-22(14-17)18-19-10-4-11-20-18/h1,4,6-11,17,21H,3,5,12-14H2/t17-/m0/s1. The lowest BCUT2D eigenvalue weighted by molar-refractivity contribution is 0.418. The van der Waals surface area contributed by atoms with E-state index >= 15 is 0 Å². The third-order valence-corrected chi connectivity index (χ3v) is 3.97. The quantitative estimate of drug-likeness (QED) is 0.877. The number of terminal acetylenes is 1. The first-order valence-electron chi connectivity index (χ1n) is 7.66. The summed E-state index contributed by atoms with van der Waals surface area (Å²) in [6.07, 6.45) is 11.3. The molecule has 3 rings (SSSR count). The van der Waals surface area contributed by atoms with Crippen molar-refractivity contribution >= 4 is 5.95 Å². The van der Waals surface area contributed by atoms with Crippen molar-refractivity contribution in [1.29, 1.82) is 0 Å². The number of aromatic nitrogens is 2. The Morgan fingerprint density at radius 3 is 2.73 bits per heavy atom. The number of benzene rings is 1. The van der Waals surface area contributed by atoms with Gasteiger partial charge in [0.2, 0.25) is 5.95 Å². The van der Waals surface area contributed by atoms with E-state index < -0.39 is 0 Å². The van der Waals surface area contributed by atoms with Crippen LogP contribution in [0.4, 0.5) is 5.95 Å². The largest absolute Gasteiger partial charge is 0.339 e. The van der Waals surface area contributed by atoms with E-state index in [0.717, 1.165) is 37.6 Å². The Balaban J connectivity index is 1.55. The lowest BCUT2D eigenvalue weighted by Crippen LogP contribution is -2.46. The molecule has 1 atom stereocenters. The number of hydrogen-bond acceptors (Lipinski definition) is 4. The monoisotopic (exact) mass is 292 g/mol. The molecule has 0 bridgehead atoms. The first-order chi connectivity index (χ1) is 10.8. The molecule has 4 nitrogen and oxygen atoms in total. The van der Waals surface area contributed by atoms with Crippen molar-refractivity contribution in [2.45, 2.75) is 25.4 Å². The van der Waals surface area contributed by atoms with Crippen molar-refractivity contribution in [1.82, 2.24) is 15.3 Å². The van der Waals surface area contributed by atoms with Crippen LogP contribution in [-0.4, -0.2) is 29.1 Å². The highest BCUT2D eigenvalue weighted by Crippen LogP contribution is 2.15. The van der Waals surface area contributed by atoms with E-state index in [0.29, 0.717) is 6.04 Å². The van der Waals surface area contributed by atoms with Gasteiger partial charge in [0.1, 0.15) is 0 Å². The first-order valence-corrected chi connectivity index (χ1v) is 7.66. The Morgan fingerprint density at radius 2 is 2.00 bits per heavy atom. The maximum atomic E-state index is 5.38. The molecule has 0 amide bonds. The van der Waals surface area contributed by atoms with Crippen molar-refractivity contribution in [2.24, 2.45) is 0 Å². The summed E-state index contributed by atoms with van der Waals surface area (Å²) in [5.41, 5.74) is 2.18. The number of nitrogens with one attached hydrogen (secondary N) is 1. The van der Waals surface area contributed by atoms with Gasteiger partial charge in [-0.25, -0.2) is 9.97 Å². The number of anilines is 1. The fourth-order valence-electron chi connectivity index (χ4n) is 2.76. The topological polar surface area (TPSA) is 41.0 Å². The maximum absolute atomic E-state index is 5.38. The van der Waals surface area contributed by atoms with E-state index in [1.807, 2.05) is 18.2 Å². The molecular formula is C18H20N4. The third-order valence-electron chi connectivity index (χ3n) is 3.97. The van der Waals surface area contributed by atoms with Gasteiger partial charge in [-0.3, -0.25) is 0 Å². The fourth-order valence-corrected chi connectivity index (χ4v) is 2.76. The minimum Gasteiger partial charge on any atom is -0.339 e. The zero-order valence-corrected chi connectivity index (χ0v) is 12.6. The predicted molar refractivity (Wildman–Crippen MR) is 88.5 cm³/mol. The van der Waals surface area contributed by atoms with E-state index in [1.54, 1.807) is 12.4 Å². The zero-order chi connectivity index (χ0) is 15.2. The van der Waals surface area contributed by atoms with Crippen molar-refractivity contribution in [3.8, 4) is 12.3 Å². The Hall–Kier alpha value is -2.38. The molecule has 0 spiro atoms. The van der Waals surface area contributed by atoms with Gasteiger partial charge in [0.05, 0.1) is 0 Å². The number of nitrogens with zero attached hydrogens (tertiary/aromatic N) is 3. The van der Waals surface area contributed by atoms with Gasteiger partial charge in [0, 0.05) is 43.6 Å². The van der Waals surface area contributed by atoms with Crippen LogP contribution in [0.15, 0.2) is 42.7 Å². The average Bonchev–Trinajstić information content (AvgIpc) is 2.61. The van der Waals surface area contributed by atoms with Crippen LogP contribution in [0.1, 0.15) is 24.0 Å². The molecule has 1 aromatic heterocycles. The lowest BCUT2D eigenvalue weighted by Gasteiger charge is -2.33. The lowest BCUT2D eigenvalue weighted by atomic mass is 10.1. The van der Waals surface area contributed by atoms with Gasteiger partial charge in [-0.05, 0) is 36.6 Å². The molecule has 1 aromatic carbocycles. The molecule has 22 heavy (non-hydrogen) atoms. The predicted octanol–water partition coefficient (Wildman–Crippen LogP) is 2.22. The highest BCUT2D eigenvalue weighted by Gasteiger charge is 2.20. The summed E-state index contributed by atoms with van der Waals surface area (Å²) in [5.74, 6) is 3.47. The first kappa shape index (κ1) is 14.6. The SMILES string of the molecule is C#Cc1ccc(CN[C@H]2CCCN(c3ncccn3)C2)cc1. The zero-order valence-electron chi connectivity index (χ0n) is 12.6. The molecule has 1 saturated heterocycles. The molecule has 1 fully saturated rings. The van der Waals surface area contributed by atoms with Gasteiger partial charge in [-0.2, -0.15) is 0 Å². The van der Waals surface area contributed by atoms with Crippen LogP contribution in [0.25, 0.3) is 0 Å². The summed E-state index contributed by atoms with van der Waals surface area (Å²) in [7, 11) is 0. The summed E-state index contributed by atoms with van der Waals surface area (Å²) in [6.45, 7) is 2.84. The molecule has 0 radical (unpaired) electrons. The number of rotatable bonds is 4. The summed E-state index contributed by atoms with van der Waals surface area (Å²) < 4.78 is 0. The Labute approximate surface area is 131 Å². The maximum Gasteiger partial charge on any atom is 0.225 e. The van der Waals surface area contributed by atoms with Crippen molar-refractivity contribution in [3.05, 3.63) is 53.9 Å². The van der Waals surface area contributed by atoms with E-state index in [9.17, 15) is 0 Å². The van der Waals surface area contributed by atoms with Gasteiger partial charge in [0.15, 0.2) is 0 Å². The van der Waals surface area contributed by atoms with E-state index in [4.69, 9.17) is 6.42 Å². The van der Waals surface area contributed by atoms with Crippen LogP contribution >= 0.6 is 0 Å². The molecular weight excluding hydrogens is 272 g/mol. The second kappa shape index (κ2) is 7.06. The Morgan fingerprint density at radius 1 is 1.23 bits per heavy atom. The van der Waals surface area contributed by atoms with Gasteiger partial charge in [-0.1, -0.05) is 18.1 Å². The molecule has 1 aliphatic rings. The van der Waals surface area contributed by atoms with Crippen LogP contribution < -0.4 is 10.2 Å². The molecule has 0 saturated carbocycles. The fraction of sp³-hybridized carbons (Fsp3) is 0.333. The molecule has 4 heteroatoms. The minimum absolute atomic E-state index is 0.463. The molecule has 0 aliphatic carbocycles. The minimum atomic E-state index is 0.463. The van der Waals surface area contributed by atoms with Gasteiger partial charge in [-0.15, -0.1) is 6.42 Å². The molecule has 0 unspecified atom stereocenters. The van der Waals surface area contributed by atoms with E-state index in [2.05, 4.69) is 38.2 Å². The molecule has 2 aromatic rings. The van der Waals surface area contributed by atoms with Crippen LogP contribution in [0.2, 0.25) is 0 Å². The number of hydrogen-bond donors (Lipinski definition) is 1. The highest BCUT2D eigenvalue weighted by atomic mass is 15.3. The summed E-state index contributed by atoms with van der Waals surface area (Å²) in [5, 5.41) is 3.63. The van der Waals surface area contributed by atoms with Crippen molar-refractivity contribution in [3.63, 3.8) is 0 Å². The molecule has 2 heterocycles. The molecule has 112 valence electrons. The van der Waals surface area contributed by atoms with Gasteiger partial charge < -0.3 is 10.2 Å².